The van der Waals surface area contributed by atoms with E-state index in [1.807, 2.05) is 0 Å². The fourth-order valence-electron chi connectivity index (χ4n) is 2.63. The molecule has 1 heterocycles. The molecule has 0 bridgehead atoms. The molecule has 1 fully saturated rings. The van der Waals surface area contributed by atoms with Crippen molar-refractivity contribution in [1.29, 1.82) is 0 Å². The Morgan fingerprint density at radius 3 is 2.74 bits per heavy atom. The third kappa shape index (κ3) is 2.32. The van der Waals surface area contributed by atoms with Gasteiger partial charge in [-0.2, -0.15) is 4.98 Å². The molecule has 0 amide bonds. The number of hydrogen-bond donors (Lipinski definition) is 1. The third-order valence-electron chi connectivity index (χ3n) is 3.67. The van der Waals surface area contributed by atoms with E-state index in [-0.39, 0.29) is 11.5 Å². The monoisotopic (exact) mass is 261 g/mol. The van der Waals surface area contributed by atoms with Crippen LogP contribution in [0.4, 0.5) is 10.1 Å². The smallest absolute Gasteiger partial charge is 0.263 e. The molecule has 1 aromatic heterocycles. The largest absolute Gasteiger partial charge is 0.398 e. The molecule has 2 aromatic rings. The number of aromatic nitrogens is 2. The van der Waals surface area contributed by atoms with E-state index in [2.05, 4.69) is 10.1 Å². The zero-order valence-corrected chi connectivity index (χ0v) is 10.6. The quantitative estimate of drug-likeness (QED) is 0.840. The van der Waals surface area contributed by atoms with E-state index < -0.39 is 5.82 Å². The predicted octanol–water partition coefficient (Wildman–Crippen LogP) is 3.51. The minimum atomic E-state index is -0.432. The Labute approximate surface area is 110 Å². The van der Waals surface area contributed by atoms with Gasteiger partial charge in [0, 0.05) is 11.6 Å². The van der Waals surface area contributed by atoms with E-state index in [0.29, 0.717) is 17.4 Å². The van der Waals surface area contributed by atoms with Crippen molar-refractivity contribution in [2.75, 3.05) is 5.73 Å². The van der Waals surface area contributed by atoms with E-state index in [4.69, 9.17) is 10.3 Å². The maximum atomic E-state index is 13.8. The highest BCUT2D eigenvalue weighted by atomic mass is 19.1. The van der Waals surface area contributed by atoms with Gasteiger partial charge < -0.3 is 10.3 Å². The maximum Gasteiger partial charge on any atom is 0.263 e. The number of nitrogens with two attached hydrogens (primary N) is 1. The van der Waals surface area contributed by atoms with E-state index in [1.54, 1.807) is 12.1 Å². The molecule has 1 aromatic carbocycles. The van der Waals surface area contributed by atoms with Gasteiger partial charge in [0.25, 0.3) is 5.89 Å². The number of anilines is 1. The summed E-state index contributed by atoms with van der Waals surface area (Å²) in [6.45, 7) is 0. The lowest BCUT2D eigenvalue weighted by atomic mass is 9.89. The molecule has 1 saturated carbocycles. The summed E-state index contributed by atoms with van der Waals surface area (Å²) in [6.07, 6.45) is 5.80. The van der Waals surface area contributed by atoms with Crippen molar-refractivity contribution in [3.05, 3.63) is 29.8 Å². The molecule has 2 N–H and O–H groups in total. The third-order valence-corrected chi connectivity index (χ3v) is 3.67. The van der Waals surface area contributed by atoms with Crippen LogP contribution in [0.3, 0.4) is 0 Å². The molecule has 1 aliphatic rings. The molecule has 0 saturated heterocycles. The maximum absolute atomic E-state index is 13.8. The average molecular weight is 261 g/mol. The summed E-state index contributed by atoms with van der Waals surface area (Å²) in [4.78, 5) is 4.33. The van der Waals surface area contributed by atoms with E-state index in [0.717, 1.165) is 12.8 Å². The Balaban J connectivity index is 1.92. The van der Waals surface area contributed by atoms with Gasteiger partial charge in [-0.1, -0.05) is 30.5 Å². The molecule has 5 heteroatoms. The first-order chi connectivity index (χ1) is 9.25. The van der Waals surface area contributed by atoms with Crippen LogP contribution in [-0.4, -0.2) is 10.1 Å². The van der Waals surface area contributed by atoms with Crippen LogP contribution >= 0.6 is 0 Å². The second-order valence-corrected chi connectivity index (χ2v) is 5.00. The summed E-state index contributed by atoms with van der Waals surface area (Å²) in [5.41, 5.74) is 6.30. The van der Waals surface area contributed by atoms with Crippen LogP contribution in [0.1, 0.15) is 43.8 Å². The van der Waals surface area contributed by atoms with Crippen LogP contribution in [0.25, 0.3) is 11.5 Å². The van der Waals surface area contributed by atoms with Crippen LogP contribution in [-0.2, 0) is 0 Å². The van der Waals surface area contributed by atoms with Gasteiger partial charge in [0.05, 0.1) is 5.56 Å². The molecule has 0 aliphatic heterocycles. The Bertz CT molecular complexity index is 556. The summed E-state index contributed by atoms with van der Waals surface area (Å²) in [5.74, 6) is 0.756. The lowest BCUT2D eigenvalue weighted by Crippen LogP contribution is -2.06. The van der Waals surface area contributed by atoms with E-state index in [9.17, 15) is 4.39 Å². The van der Waals surface area contributed by atoms with Crippen molar-refractivity contribution in [3.63, 3.8) is 0 Å². The van der Waals surface area contributed by atoms with Crippen molar-refractivity contribution in [3.8, 4) is 11.5 Å². The minimum Gasteiger partial charge on any atom is -0.398 e. The van der Waals surface area contributed by atoms with Crippen molar-refractivity contribution in [1.82, 2.24) is 10.1 Å². The number of nitrogen functional groups attached to an aromatic ring is 1. The van der Waals surface area contributed by atoms with Crippen LogP contribution in [0, 0.1) is 5.82 Å². The minimum absolute atomic E-state index is 0.177. The summed E-state index contributed by atoms with van der Waals surface area (Å²) >= 11 is 0. The highest BCUT2D eigenvalue weighted by molar-refractivity contribution is 5.70. The predicted molar refractivity (Wildman–Crippen MR) is 69.9 cm³/mol. The first kappa shape index (κ1) is 12.1. The molecular formula is C14H16FN3O. The summed E-state index contributed by atoms with van der Waals surface area (Å²) in [5, 5.41) is 3.99. The first-order valence-electron chi connectivity index (χ1n) is 6.63. The zero-order chi connectivity index (χ0) is 13.2. The van der Waals surface area contributed by atoms with Gasteiger partial charge in [-0.05, 0) is 25.0 Å². The van der Waals surface area contributed by atoms with Crippen LogP contribution in [0.15, 0.2) is 22.7 Å². The second kappa shape index (κ2) is 4.99. The number of rotatable bonds is 2. The van der Waals surface area contributed by atoms with E-state index >= 15 is 0 Å². The summed E-state index contributed by atoms with van der Waals surface area (Å²) < 4.78 is 19.0. The average Bonchev–Trinajstić information content (AvgIpc) is 2.89. The number of benzene rings is 1. The highest BCUT2D eigenvalue weighted by Gasteiger charge is 2.23. The second-order valence-electron chi connectivity index (χ2n) is 5.00. The standard InChI is InChI=1S/C14H16FN3O/c15-10-7-4-8-11(16)12(10)14-17-13(18-19-14)9-5-2-1-3-6-9/h4,7-9H,1-3,5-6,16H2. The molecule has 0 atom stereocenters. The lowest BCUT2D eigenvalue weighted by Gasteiger charge is -2.17. The van der Waals surface area contributed by atoms with Gasteiger partial charge in [0.1, 0.15) is 5.82 Å². The fraction of sp³-hybridized carbons (Fsp3) is 0.429. The molecule has 1 aliphatic carbocycles. The normalized spacial score (nSPS) is 16.7. The first-order valence-corrected chi connectivity index (χ1v) is 6.63. The Hall–Kier alpha value is -1.91. The molecule has 0 unspecified atom stereocenters. The van der Waals surface area contributed by atoms with Crippen LogP contribution in [0.5, 0.6) is 0 Å². The highest BCUT2D eigenvalue weighted by Crippen LogP contribution is 2.33. The molecule has 4 nitrogen and oxygen atoms in total. The zero-order valence-electron chi connectivity index (χ0n) is 10.6. The topological polar surface area (TPSA) is 64.9 Å². The molecular weight excluding hydrogens is 245 g/mol. The summed E-state index contributed by atoms with van der Waals surface area (Å²) in [7, 11) is 0. The fourth-order valence-corrected chi connectivity index (χ4v) is 2.63. The lowest BCUT2D eigenvalue weighted by molar-refractivity contribution is 0.384. The number of halogens is 1. The number of nitrogens with zero attached hydrogens (tertiary/aromatic N) is 2. The van der Waals surface area contributed by atoms with Crippen LogP contribution < -0.4 is 5.73 Å². The van der Waals surface area contributed by atoms with E-state index in [1.165, 1.54) is 25.3 Å². The molecule has 3 rings (SSSR count). The Morgan fingerprint density at radius 1 is 1.21 bits per heavy atom. The molecule has 0 radical (unpaired) electrons. The number of hydrogen-bond acceptors (Lipinski definition) is 4. The van der Waals surface area contributed by atoms with Crippen molar-refractivity contribution >= 4 is 5.69 Å². The van der Waals surface area contributed by atoms with Gasteiger partial charge in [0.2, 0.25) is 0 Å². The van der Waals surface area contributed by atoms with Gasteiger partial charge in [-0.25, -0.2) is 4.39 Å². The molecule has 19 heavy (non-hydrogen) atoms. The van der Waals surface area contributed by atoms with Crippen molar-refractivity contribution in [2.24, 2.45) is 0 Å². The van der Waals surface area contributed by atoms with Crippen molar-refractivity contribution < 1.29 is 8.91 Å². The van der Waals surface area contributed by atoms with Gasteiger partial charge in [-0.3, -0.25) is 0 Å². The van der Waals surface area contributed by atoms with Gasteiger partial charge in [-0.15, -0.1) is 0 Å². The molecule has 100 valence electrons. The molecule has 0 spiro atoms. The Kier molecular flexibility index (Phi) is 3.19. The summed E-state index contributed by atoms with van der Waals surface area (Å²) in [6, 6.07) is 4.53. The SMILES string of the molecule is Nc1cccc(F)c1-c1nc(C2CCCCC2)no1. The Morgan fingerprint density at radius 2 is 2.00 bits per heavy atom. The van der Waals surface area contributed by atoms with Crippen LogP contribution in [0.2, 0.25) is 0 Å². The van der Waals surface area contributed by atoms with Gasteiger partial charge in [0.15, 0.2) is 5.82 Å². The van der Waals surface area contributed by atoms with Gasteiger partial charge >= 0.3 is 0 Å². The van der Waals surface area contributed by atoms with Crippen molar-refractivity contribution in [2.45, 2.75) is 38.0 Å².